The number of thiophene rings is 1. The molecule has 0 saturated heterocycles. The van der Waals surface area contributed by atoms with E-state index in [1.54, 1.807) is 18.4 Å². The summed E-state index contributed by atoms with van der Waals surface area (Å²) >= 11 is 1.74. The van der Waals surface area contributed by atoms with Gasteiger partial charge in [0, 0.05) is 32.5 Å². The first kappa shape index (κ1) is 21.0. The van der Waals surface area contributed by atoms with Crippen molar-refractivity contribution < 1.29 is 0 Å². The van der Waals surface area contributed by atoms with Crippen LogP contribution in [-0.2, 0) is 13.1 Å². The first-order valence-electron chi connectivity index (χ1n) is 8.06. The van der Waals surface area contributed by atoms with Gasteiger partial charge in [-0.3, -0.25) is 4.99 Å². The van der Waals surface area contributed by atoms with Crippen LogP contribution >= 0.6 is 35.3 Å². The monoisotopic (exact) mass is 461 g/mol. The zero-order valence-electron chi connectivity index (χ0n) is 14.8. The molecule has 0 spiro atoms. The van der Waals surface area contributed by atoms with Crippen LogP contribution in [-0.4, -0.2) is 29.1 Å². The van der Waals surface area contributed by atoms with Crippen LogP contribution in [0, 0.1) is 5.92 Å². The molecule has 1 unspecified atom stereocenters. The van der Waals surface area contributed by atoms with E-state index in [9.17, 15) is 0 Å². The lowest BCUT2D eigenvalue weighted by atomic mass is 10.1. The second kappa shape index (κ2) is 10.7. The largest absolute Gasteiger partial charge is 0.356 e. The zero-order valence-corrected chi connectivity index (χ0v) is 18.0. The molecule has 0 saturated carbocycles. The molecular formula is C17H28IN5S. The molecule has 0 fully saturated rings. The molecule has 5 nitrogen and oxygen atoms in total. The molecule has 0 radical (unpaired) electrons. The van der Waals surface area contributed by atoms with Gasteiger partial charge in [-0.15, -0.1) is 24.0 Å². The summed E-state index contributed by atoms with van der Waals surface area (Å²) in [5.41, 5.74) is 1.37. The van der Waals surface area contributed by atoms with Crippen LogP contribution in [0.2, 0.25) is 0 Å². The Morgan fingerprint density at radius 2 is 2.12 bits per heavy atom. The van der Waals surface area contributed by atoms with Crippen molar-refractivity contribution in [3.8, 4) is 0 Å². The average molecular weight is 461 g/mol. The van der Waals surface area contributed by atoms with Crippen molar-refractivity contribution in [2.75, 3.05) is 13.6 Å². The van der Waals surface area contributed by atoms with Crippen molar-refractivity contribution in [1.82, 2.24) is 20.2 Å². The minimum atomic E-state index is 0. The Labute approximate surface area is 166 Å². The number of hydrogen-bond acceptors (Lipinski definition) is 3. The summed E-state index contributed by atoms with van der Waals surface area (Å²) in [6.07, 6.45) is 3.89. The van der Waals surface area contributed by atoms with E-state index in [4.69, 9.17) is 0 Å². The van der Waals surface area contributed by atoms with E-state index < -0.39 is 0 Å². The van der Waals surface area contributed by atoms with Gasteiger partial charge in [-0.25, -0.2) is 4.98 Å². The van der Waals surface area contributed by atoms with Gasteiger partial charge in [0.2, 0.25) is 0 Å². The smallest absolute Gasteiger partial charge is 0.191 e. The van der Waals surface area contributed by atoms with Crippen molar-refractivity contribution in [3.63, 3.8) is 0 Å². The summed E-state index contributed by atoms with van der Waals surface area (Å²) in [4.78, 5) is 8.72. The van der Waals surface area contributed by atoms with Gasteiger partial charge in [0.05, 0.1) is 6.54 Å². The minimum absolute atomic E-state index is 0. The number of aromatic nitrogens is 2. The van der Waals surface area contributed by atoms with Crippen LogP contribution in [0.1, 0.15) is 38.1 Å². The van der Waals surface area contributed by atoms with Gasteiger partial charge in [-0.2, -0.15) is 11.3 Å². The number of imidazole rings is 1. The van der Waals surface area contributed by atoms with Gasteiger partial charge >= 0.3 is 0 Å². The third-order valence-electron chi connectivity index (χ3n) is 3.69. The van der Waals surface area contributed by atoms with Crippen molar-refractivity contribution in [2.45, 2.75) is 39.8 Å². The quantitative estimate of drug-likeness (QED) is 0.376. The number of nitrogens with one attached hydrogen (secondary N) is 2. The zero-order chi connectivity index (χ0) is 16.7. The predicted octanol–water partition coefficient (Wildman–Crippen LogP) is 3.69. The number of nitrogens with zero attached hydrogens (tertiary/aromatic N) is 3. The van der Waals surface area contributed by atoms with E-state index in [1.807, 2.05) is 12.4 Å². The van der Waals surface area contributed by atoms with Crippen LogP contribution in [0.25, 0.3) is 0 Å². The van der Waals surface area contributed by atoms with Crippen molar-refractivity contribution >= 4 is 41.3 Å². The Bertz CT molecular complexity index is 606. The third kappa shape index (κ3) is 6.43. The van der Waals surface area contributed by atoms with Crippen LogP contribution < -0.4 is 10.6 Å². The summed E-state index contributed by atoms with van der Waals surface area (Å²) in [5, 5.41) is 11.0. The molecule has 0 aliphatic rings. The molecular weight excluding hydrogens is 433 g/mol. The maximum atomic E-state index is 4.43. The van der Waals surface area contributed by atoms with Gasteiger partial charge < -0.3 is 15.2 Å². The average Bonchev–Trinajstić information content (AvgIpc) is 3.18. The molecule has 1 atom stereocenters. The summed E-state index contributed by atoms with van der Waals surface area (Å²) in [6, 6.07) is 2.18. The van der Waals surface area contributed by atoms with E-state index in [0.29, 0.717) is 18.4 Å². The predicted molar refractivity (Wildman–Crippen MR) is 113 cm³/mol. The number of guanidine groups is 1. The molecule has 0 amide bonds. The second-order valence-electron chi connectivity index (χ2n) is 6.15. The molecule has 0 aromatic carbocycles. The van der Waals surface area contributed by atoms with E-state index in [-0.39, 0.29) is 24.0 Å². The van der Waals surface area contributed by atoms with E-state index >= 15 is 0 Å². The van der Waals surface area contributed by atoms with Crippen LogP contribution in [0.15, 0.2) is 34.2 Å². The third-order valence-corrected chi connectivity index (χ3v) is 4.39. The van der Waals surface area contributed by atoms with E-state index in [1.165, 1.54) is 5.56 Å². The molecule has 0 aliphatic heterocycles. The Morgan fingerprint density at radius 3 is 2.75 bits per heavy atom. The summed E-state index contributed by atoms with van der Waals surface area (Å²) in [5.74, 6) is 2.91. The number of hydrogen-bond donors (Lipinski definition) is 2. The molecule has 2 rings (SSSR count). The maximum absolute atomic E-state index is 4.43. The normalized spacial score (nSPS) is 12.8. The van der Waals surface area contributed by atoms with E-state index in [2.05, 4.69) is 62.8 Å². The second-order valence-corrected chi connectivity index (χ2v) is 6.93. The lowest BCUT2D eigenvalue weighted by molar-refractivity contribution is 0.503. The molecule has 134 valence electrons. The highest BCUT2D eigenvalue weighted by molar-refractivity contribution is 14.0. The molecule has 7 heteroatoms. The fourth-order valence-electron chi connectivity index (χ4n) is 2.37. The standard InChI is InChI=1S/C17H27N5S.HI/c1-13(2)11-22-7-6-19-16(22)10-21-17(18-4)20-9-14(3)15-5-8-23-12-15;/h5-8,12-14H,9-11H2,1-4H3,(H2,18,20,21);1H. The highest BCUT2D eigenvalue weighted by Gasteiger charge is 2.08. The van der Waals surface area contributed by atoms with Crippen LogP contribution in [0.3, 0.4) is 0 Å². The SMILES string of the molecule is CN=C(NCc1nccn1CC(C)C)NCC(C)c1ccsc1.I. The molecule has 2 heterocycles. The number of aliphatic imine (C=N–C) groups is 1. The molecule has 2 aromatic rings. The molecule has 2 N–H and O–H groups in total. The Balaban J connectivity index is 0.00000288. The van der Waals surface area contributed by atoms with Gasteiger partial charge in [0.25, 0.3) is 0 Å². The summed E-state index contributed by atoms with van der Waals surface area (Å²) in [7, 11) is 1.80. The fraction of sp³-hybridized carbons (Fsp3) is 0.529. The Hall–Kier alpha value is -1.09. The van der Waals surface area contributed by atoms with E-state index in [0.717, 1.165) is 24.9 Å². The topological polar surface area (TPSA) is 54.2 Å². The first-order valence-corrected chi connectivity index (χ1v) is 9.01. The lowest BCUT2D eigenvalue weighted by Gasteiger charge is -2.16. The molecule has 0 aliphatic carbocycles. The Morgan fingerprint density at radius 1 is 1.33 bits per heavy atom. The highest BCUT2D eigenvalue weighted by Crippen LogP contribution is 2.16. The van der Waals surface area contributed by atoms with Crippen LogP contribution in [0.5, 0.6) is 0 Å². The summed E-state index contributed by atoms with van der Waals surface area (Å²) in [6.45, 7) is 9.16. The fourth-order valence-corrected chi connectivity index (χ4v) is 3.16. The van der Waals surface area contributed by atoms with Gasteiger partial charge in [0.1, 0.15) is 5.82 Å². The first-order chi connectivity index (χ1) is 11.1. The van der Waals surface area contributed by atoms with Crippen LogP contribution in [0.4, 0.5) is 0 Å². The van der Waals surface area contributed by atoms with Gasteiger partial charge in [0.15, 0.2) is 5.96 Å². The van der Waals surface area contributed by atoms with Crippen molar-refractivity contribution in [2.24, 2.45) is 10.9 Å². The van der Waals surface area contributed by atoms with Gasteiger partial charge in [-0.1, -0.05) is 20.8 Å². The van der Waals surface area contributed by atoms with Crippen molar-refractivity contribution in [1.29, 1.82) is 0 Å². The number of halogens is 1. The molecule has 2 aromatic heterocycles. The minimum Gasteiger partial charge on any atom is -0.356 e. The highest BCUT2D eigenvalue weighted by atomic mass is 127. The van der Waals surface area contributed by atoms with Gasteiger partial charge in [-0.05, 0) is 34.2 Å². The number of rotatable bonds is 7. The molecule has 0 bridgehead atoms. The molecule has 24 heavy (non-hydrogen) atoms. The van der Waals surface area contributed by atoms with Crippen molar-refractivity contribution in [3.05, 3.63) is 40.6 Å². The maximum Gasteiger partial charge on any atom is 0.191 e. The summed E-state index contributed by atoms with van der Waals surface area (Å²) < 4.78 is 2.19. The lowest BCUT2D eigenvalue weighted by Crippen LogP contribution is -2.39. The Kier molecular flexibility index (Phi) is 9.35.